The first-order chi connectivity index (χ1) is 13.1. The minimum Gasteiger partial charge on any atom is -0.504 e. The maximum absolute atomic E-state index is 13.3. The molecule has 27 heavy (non-hydrogen) atoms. The third-order valence-electron chi connectivity index (χ3n) is 5.49. The Bertz CT molecular complexity index is 757. The van der Waals surface area contributed by atoms with E-state index < -0.39 is 0 Å². The quantitative estimate of drug-likeness (QED) is 0.722. The number of benzene rings is 1. The summed E-state index contributed by atoms with van der Waals surface area (Å²) in [5.41, 5.74) is 0.866. The van der Waals surface area contributed by atoms with Crippen molar-refractivity contribution in [3.63, 3.8) is 0 Å². The second-order valence-corrected chi connectivity index (χ2v) is 7.30. The van der Waals surface area contributed by atoms with Gasteiger partial charge in [0.25, 0.3) is 0 Å². The molecule has 1 aromatic heterocycles. The highest BCUT2D eigenvalue weighted by Gasteiger charge is 2.29. The Morgan fingerprint density at radius 3 is 2.56 bits per heavy atom. The van der Waals surface area contributed by atoms with E-state index in [0.717, 1.165) is 43.5 Å². The van der Waals surface area contributed by atoms with Crippen molar-refractivity contribution in [3.05, 3.63) is 48.2 Å². The lowest BCUT2D eigenvalue weighted by atomic mass is 9.90. The molecular formula is C22H28N2O3. The summed E-state index contributed by atoms with van der Waals surface area (Å²) in [7, 11) is 0. The van der Waals surface area contributed by atoms with E-state index in [1.54, 1.807) is 18.3 Å². The van der Waals surface area contributed by atoms with Gasteiger partial charge in [0.05, 0.1) is 0 Å². The number of phenolic OH excluding ortho intramolecular Hbond substituents is 2. The maximum Gasteiger partial charge on any atom is 0.229 e. The fraction of sp³-hybridized carbons (Fsp3) is 0.455. The predicted molar refractivity (Wildman–Crippen MR) is 106 cm³/mol. The van der Waals surface area contributed by atoms with Gasteiger partial charge in [-0.05, 0) is 55.0 Å². The van der Waals surface area contributed by atoms with Crippen molar-refractivity contribution in [2.45, 2.75) is 63.8 Å². The number of carbonyl (C=O) groups excluding carboxylic acids is 1. The molecule has 5 nitrogen and oxygen atoms in total. The molecule has 2 aromatic rings. The van der Waals surface area contributed by atoms with Gasteiger partial charge in [-0.1, -0.05) is 38.3 Å². The zero-order valence-electron chi connectivity index (χ0n) is 15.8. The first-order valence-corrected chi connectivity index (χ1v) is 9.85. The van der Waals surface area contributed by atoms with Gasteiger partial charge in [0, 0.05) is 18.7 Å². The van der Waals surface area contributed by atoms with Gasteiger partial charge in [-0.25, -0.2) is 4.98 Å². The Labute approximate surface area is 160 Å². The average molecular weight is 368 g/mol. The summed E-state index contributed by atoms with van der Waals surface area (Å²) in [6, 6.07) is 10.7. The summed E-state index contributed by atoms with van der Waals surface area (Å²) in [5, 5.41) is 19.4. The molecule has 1 saturated carbocycles. The standard InChI is InChI=1S/C22H28N2O3/c1-2-16(17-11-12-19(25)20(26)14-17)15-22(27)24(18-8-4-3-5-9-18)21-10-6-7-13-23-21/h6-7,10-14,16,18,25-26H,2-5,8-9,15H2,1H3. The smallest absolute Gasteiger partial charge is 0.229 e. The van der Waals surface area contributed by atoms with Crippen LogP contribution < -0.4 is 4.90 Å². The van der Waals surface area contributed by atoms with E-state index in [1.165, 1.54) is 12.5 Å². The van der Waals surface area contributed by atoms with E-state index in [-0.39, 0.29) is 29.4 Å². The van der Waals surface area contributed by atoms with Gasteiger partial charge in [-0.15, -0.1) is 0 Å². The number of nitrogens with zero attached hydrogens (tertiary/aromatic N) is 2. The number of hydrogen-bond acceptors (Lipinski definition) is 4. The van der Waals surface area contributed by atoms with Crippen LogP contribution in [0.1, 0.15) is 63.4 Å². The number of aromatic hydroxyl groups is 2. The molecule has 0 bridgehead atoms. The number of pyridine rings is 1. The summed E-state index contributed by atoms with van der Waals surface area (Å²) >= 11 is 0. The highest BCUT2D eigenvalue weighted by molar-refractivity contribution is 5.93. The molecule has 3 rings (SSSR count). The summed E-state index contributed by atoms with van der Waals surface area (Å²) in [4.78, 5) is 19.6. The largest absolute Gasteiger partial charge is 0.504 e. The van der Waals surface area contributed by atoms with Crippen LogP contribution in [-0.4, -0.2) is 27.1 Å². The first-order valence-electron chi connectivity index (χ1n) is 9.85. The fourth-order valence-corrected chi connectivity index (χ4v) is 3.96. The van der Waals surface area contributed by atoms with Gasteiger partial charge in [0.2, 0.25) is 5.91 Å². The van der Waals surface area contributed by atoms with E-state index in [2.05, 4.69) is 4.98 Å². The van der Waals surface area contributed by atoms with Gasteiger partial charge in [-0.3, -0.25) is 9.69 Å². The van der Waals surface area contributed by atoms with Crippen LogP contribution in [0.2, 0.25) is 0 Å². The van der Waals surface area contributed by atoms with E-state index in [9.17, 15) is 15.0 Å². The van der Waals surface area contributed by atoms with E-state index in [1.807, 2.05) is 30.0 Å². The van der Waals surface area contributed by atoms with Crippen LogP contribution in [0.3, 0.4) is 0 Å². The third kappa shape index (κ3) is 4.59. The Morgan fingerprint density at radius 2 is 1.93 bits per heavy atom. The van der Waals surface area contributed by atoms with Gasteiger partial charge >= 0.3 is 0 Å². The van der Waals surface area contributed by atoms with Crippen LogP contribution in [0, 0.1) is 0 Å². The fourth-order valence-electron chi connectivity index (χ4n) is 3.96. The molecule has 2 N–H and O–H groups in total. The lowest BCUT2D eigenvalue weighted by Gasteiger charge is -2.34. The van der Waals surface area contributed by atoms with Crippen LogP contribution in [0.25, 0.3) is 0 Å². The molecule has 0 radical (unpaired) electrons. The van der Waals surface area contributed by atoms with Crippen molar-refractivity contribution in [3.8, 4) is 11.5 Å². The second-order valence-electron chi connectivity index (χ2n) is 7.30. The predicted octanol–water partition coefficient (Wildman–Crippen LogP) is 4.74. The zero-order valence-corrected chi connectivity index (χ0v) is 15.8. The summed E-state index contributed by atoms with van der Waals surface area (Å²) in [6.07, 6.45) is 8.40. The summed E-state index contributed by atoms with van der Waals surface area (Å²) < 4.78 is 0. The molecule has 1 aliphatic rings. The van der Waals surface area contributed by atoms with Gasteiger partial charge in [-0.2, -0.15) is 0 Å². The van der Waals surface area contributed by atoms with Crippen molar-refractivity contribution in [1.82, 2.24) is 4.98 Å². The van der Waals surface area contributed by atoms with E-state index in [4.69, 9.17) is 0 Å². The van der Waals surface area contributed by atoms with Crippen LogP contribution in [0.15, 0.2) is 42.6 Å². The highest BCUT2D eigenvalue weighted by Crippen LogP contribution is 2.33. The third-order valence-corrected chi connectivity index (χ3v) is 5.49. The molecule has 1 fully saturated rings. The molecular weight excluding hydrogens is 340 g/mol. The van der Waals surface area contributed by atoms with Crippen LogP contribution >= 0.6 is 0 Å². The Morgan fingerprint density at radius 1 is 1.15 bits per heavy atom. The molecule has 0 aliphatic heterocycles. The number of hydrogen-bond donors (Lipinski definition) is 2. The molecule has 1 amide bonds. The molecule has 1 unspecified atom stereocenters. The highest BCUT2D eigenvalue weighted by atomic mass is 16.3. The number of phenols is 2. The van der Waals surface area contributed by atoms with Gasteiger partial charge in [0.1, 0.15) is 5.82 Å². The van der Waals surface area contributed by atoms with Crippen LogP contribution in [0.5, 0.6) is 11.5 Å². The van der Waals surface area contributed by atoms with Crippen LogP contribution in [-0.2, 0) is 4.79 Å². The minimum absolute atomic E-state index is 0.0150. The lowest BCUT2D eigenvalue weighted by molar-refractivity contribution is -0.119. The zero-order chi connectivity index (χ0) is 19.2. The normalized spacial score (nSPS) is 16.0. The Balaban J connectivity index is 1.83. The number of carbonyl (C=O) groups is 1. The minimum atomic E-state index is -0.146. The second kappa shape index (κ2) is 8.89. The topological polar surface area (TPSA) is 73.7 Å². The monoisotopic (exact) mass is 368 g/mol. The molecule has 0 spiro atoms. The summed E-state index contributed by atoms with van der Waals surface area (Å²) in [6.45, 7) is 2.04. The van der Waals surface area contributed by atoms with Crippen molar-refractivity contribution in [1.29, 1.82) is 0 Å². The van der Waals surface area contributed by atoms with Crippen molar-refractivity contribution >= 4 is 11.7 Å². The molecule has 1 aliphatic carbocycles. The number of amides is 1. The van der Waals surface area contributed by atoms with Crippen LogP contribution in [0.4, 0.5) is 5.82 Å². The van der Waals surface area contributed by atoms with Gasteiger partial charge in [0.15, 0.2) is 11.5 Å². The van der Waals surface area contributed by atoms with Crippen molar-refractivity contribution in [2.75, 3.05) is 4.90 Å². The molecule has 1 heterocycles. The summed E-state index contributed by atoms with van der Waals surface area (Å²) in [5.74, 6) is 0.487. The number of anilines is 1. The number of aromatic nitrogens is 1. The Hall–Kier alpha value is -2.56. The SMILES string of the molecule is CCC(CC(=O)N(c1ccccn1)C1CCCCC1)c1ccc(O)c(O)c1. The number of rotatable bonds is 6. The van der Waals surface area contributed by atoms with Crippen molar-refractivity contribution < 1.29 is 15.0 Å². The molecule has 1 atom stereocenters. The molecule has 144 valence electrons. The average Bonchev–Trinajstić information content (AvgIpc) is 2.70. The van der Waals surface area contributed by atoms with E-state index >= 15 is 0 Å². The lowest BCUT2D eigenvalue weighted by Crippen LogP contribution is -2.42. The molecule has 1 aromatic carbocycles. The Kier molecular flexibility index (Phi) is 6.32. The van der Waals surface area contributed by atoms with Crippen molar-refractivity contribution in [2.24, 2.45) is 0 Å². The molecule has 0 saturated heterocycles. The molecule has 5 heteroatoms. The maximum atomic E-state index is 13.3. The first kappa shape index (κ1) is 19.2. The van der Waals surface area contributed by atoms with E-state index in [0.29, 0.717) is 6.42 Å². The van der Waals surface area contributed by atoms with Gasteiger partial charge < -0.3 is 10.2 Å².